The number of primary amides is 1. The number of amides is 4. The Morgan fingerprint density at radius 3 is 2.68 bits per heavy atom. The molecule has 4 amide bonds. The van der Waals surface area contributed by atoms with E-state index in [1.54, 1.807) is 6.20 Å². The van der Waals surface area contributed by atoms with E-state index in [-0.39, 0.29) is 32.0 Å². The summed E-state index contributed by atoms with van der Waals surface area (Å²) in [6.45, 7) is 0.363. The summed E-state index contributed by atoms with van der Waals surface area (Å²) < 4.78 is 1.42. The van der Waals surface area contributed by atoms with Crippen LogP contribution in [-0.4, -0.2) is 39.4 Å². The largest absolute Gasteiger partial charge is 0.351 e. The van der Waals surface area contributed by atoms with Crippen LogP contribution in [0.25, 0.3) is 0 Å². The average Bonchev–Trinajstić information content (AvgIpc) is 2.80. The summed E-state index contributed by atoms with van der Waals surface area (Å²) >= 11 is 0. The molecule has 10 heteroatoms. The molecule has 0 bridgehead atoms. The van der Waals surface area contributed by atoms with Gasteiger partial charge in [0.2, 0.25) is 11.8 Å². The third kappa shape index (κ3) is 5.59. The van der Waals surface area contributed by atoms with Crippen LogP contribution in [0.15, 0.2) is 6.20 Å². The van der Waals surface area contributed by atoms with E-state index in [0.717, 1.165) is 0 Å². The molecule has 0 fully saturated rings. The molecule has 0 aliphatic heterocycles. The molecule has 1 aromatic heterocycles. The highest BCUT2D eigenvalue weighted by molar-refractivity contribution is 5.93. The Kier molecular flexibility index (Phi) is 5.41. The zero-order valence-corrected chi connectivity index (χ0v) is 10.1. The third-order valence-corrected chi connectivity index (χ3v) is 2.07. The molecule has 0 atom stereocenters. The number of hydrogen-bond donors (Lipinski definition) is 4. The molecule has 0 unspecified atom stereocenters. The van der Waals surface area contributed by atoms with Crippen LogP contribution in [0.2, 0.25) is 0 Å². The predicted octanol–water partition coefficient (Wildman–Crippen LogP) is -2.56. The molecule has 6 N–H and O–H groups in total. The Morgan fingerprint density at radius 1 is 1.32 bits per heavy atom. The van der Waals surface area contributed by atoms with Gasteiger partial charge in [-0.25, -0.2) is 4.79 Å². The van der Waals surface area contributed by atoms with Gasteiger partial charge in [-0.2, -0.15) is 0 Å². The molecule has 104 valence electrons. The van der Waals surface area contributed by atoms with Crippen molar-refractivity contribution in [2.45, 2.75) is 19.5 Å². The SMILES string of the molecule is NCC(=O)NCc1cn(CCC(=O)NC(N)=O)nn1. The van der Waals surface area contributed by atoms with E-state index in [2.05, 4.69) is 15.6 Å². The van der Waals surface area contributed by atoms with Gasteiger partial charge in [0, 0.05) is 6.42 Å². The van der Waals surface area contributed by atoms with Crippen LogP contribution in [0.1, 0.15) is 12.1 Å². The fraction of sp³-hybridized carbons (Fsp3) is 0.444. The highest BCUT2D eigenvalue weighted by Crippen LogP contribution is 1.94. The zero-order chi connectivity index (χ0) is 14.3. The van der Waals surface area contributed by atoms with Crippen molar-refractivity contribution in [2.24, 2.45) is 11.5 Å². The first kappa shape index (κ1) is 14.6. The van der Waals surface area contributed by atoms with Gasteiger partial charge in [0.15, 0.2) is 0 Å². The molecule has 0 saturated heterocycles. The van der Waals surface area contributed by atoms with Crippen LogP contribution in [0.3, 0.4) is 0 Å². The van der Waals surface area contributed by atoms with Crippen LogP contribution in [0.4, 0.5) is 4.79 Å². The normalized spacial score (nSPS) is 9.95. The maximum absolute atomic E-state index is 11.1. The monoisotopic (exact) mass is 269 g/mol. The number of nitrogens with zero attached hydrogens (tertiary/aromatic N) is 3. The van der Waals surface area contributed by atoms with Crippen LogP contribution in [0, 0.1) is 0 Å². The number of aryl methyl sites for hydroxylation is 1. The van der Waals surface area contributed by atoms with Gasteiger partial charge >= 0.3 is 6.03 Å². The summed E-state index contributed by atoms with van der Waals surface area (Å²) in [4.78, 5) is 32.5. The minimum absolute atomic E-state index is 0.0426. The van der Waals surface area contributed by atoms with E-state index >= 15 is 0 Å². The van der Waals surface area contributed by atoms with Crippen molar-refractivity contribution in [3.8, 4) is 0 Å². The fourth-order valence-corrected chi connectivity index (χ4v) is 1.21. The third-order valence-electron chi connectivity index (χ3n) is 2.07. The van der Waals surface area contributed by atoms with Gasteiger partial charge in [-0.05, 0) is 0 Å². The second-order valence-electron chi connectivity index (χ2n) is 3.62. The number of nitrogens with one attached hydrogen (secondary N) is 2. The molecule has 0 aliphatic carbocycles. The first-order chi connectivity index (χ1) is 9.01. The zero-order valence-electron chi connectivity index (χ0n) is 10.1. The Bertz CT molecular complexity index is 470. The van der Waals surface area contributed by atoms with Crippen LogP contribution in [-0.2, 0) is 22.7 Å². The number of nitrogens with two attached hydrogens (primary N) is 2. The summed E-state index contributed by atoms with van der Waals surface area (Å²) in [5.41, 5.74) is 10.5. The number of aromatic nitrogens is 3. The summed E-state index contributed by atoms with van der Waals surface area (Å²) in [5, 5.41) is 12.0. The van der Waals surface area contributed by atoms with E-state index in [4.69, 9.17) is 11.5 Å². The lowest BCUT2D eigenvalue weighted by molar-refractivity contribution is -0.120. The number of carbonyl (C=O) groups is 3. The smallest absolute Gasteiger partial charge is 0.318 e. The van der Waals surface area contributed by atoms with E-state index in [1.807, 2.05) is 5.32 Å². The Labute approximate surface area is 108 Å². The van der Waals surface area contributed by atoms with Crippen molar-refractivity contribution < 1.29 is 14.4 Å². The molecule has 0 radical (unpaired) electrons. The first-order valence-electron chi connectivity index (χ1n) is 5.46. The van der Waals surface area contributed by atoms with E-state index in [0.29, 0.717) is 5.69 Å². The first-order valence-corrected chi connectivity index (χ1v) is 5.46. The summed E-state index contributed by atoms with van der Waals surface area (Å²) in [6.07, 6.45) is 1.62. The van der Waals surface area contributed by atoms with Crippen molar-refractivity contribution in [1.82, 2.24) is 25.6 Å². The Balaban J connectivity index is 2.36. The standard InChI is InChI=1S/C9H15N7O3/c10-3-8(18)12-4-6-5-16(15-14-6)2-1-7(17)13-9(11)19/h5H,1-4,10H2,(H,12,18)(H3,11,13,17,19). The maximum atomic E-state index is 11.1. The highest BCUT2D eigenvalue weighted by Gasteiger charge is 2.06. The van der Waals surface area contributed by atoms with Crippen molar-refractivity contribution in [1.29, 1.82) is 0 Å². The molecule has 1 heterocycles. The number of rotatable bonds is 6. The van der Waals surface area contributed by atoms with Gasteiger partial charge in [0.25, 0.3) is 0 Å². The van der Waals surface area contributed by atoms with Gasteiger partial charge in [-0.15, -0.1) is 5.10 Å². The Morgan fingerprint density at radius 2 is 2.05 bits per heavy atom. The number of carbonyl (C=O) groups excluding carboxylic acids is 3. The molecular formula is C9H15N7O3. The van der Waals surface area contributed by atoms with Gasteiger partial charge in [-0.3, -0.25) is 19.6 Å². The molecule has 10 nitrogen and oxygen atoms in total. The van der Waals surface area contributed by atoms with Gasteiger partial charge in [-0.1, -0.05) is 5.21 Å². The van der Waals surface area contributed by atoms with Gasteiger partial charge < -0.3 is 16.8 Å². The molecule has 0 aliphatic rings. The molecule has 19 heavy (non-hydrogen) atoms. The van der Waals surface area contributed by atoms with Crippen LogP contribution in [0.5, 0.6) is 0 Å². The number of imide groups is 1. The van der Waals surface area contributed by atoms with E-state index in [9.17, 15) is 14.4 Å². The molecule has 0 aromatic carbocycles. The predicted molar refractivity (Wildman–Crippen MR) is 63.3 cm³/mol. The molecule has 1 rings (SSSR count). The van der Waals surface area contributed by atoms with Crippen LogP contribution < -0.4 is 22.1 Å². The van der Waals surface area contributed by atoms with E-state index < -0.39 is 11.9 Å². The number of hydrogen-bond acceptors (Lipinski definition) is 6. The average molecular weight is 269 g/mol. The fourth-order valence-electron chi connectivity index (χ4n) is 1.21. The lowest BCUT2D eigenvalue weighted by atomic mass is 10.4. The topological polar surface area (TPSA) is 158 Å². The quantitative estimate of drug-likeness (QED) is 0.444. The molecule has 0 spiro atoms. The van der Waals surface area contributed by atoms with Crippen LogP contribution >= 0.6 is 0 Å². The lowest BCUT2D eigenvalue weighted by Crippen LogP contribution is -2.35. The maximum Gasteiger partial charge on any atom is 0.318 e. The molecular weight excluding hydrogens is 254 g/mol. The second-order valence-corrected chi connectivity index (χ2v) is 3.62. The second kappa shape index (κ2) is 7.06. The molecule has 1 aromatic rings. The van der Waals surface area contributed by atoms with Gasteiger partial charge in [0.1, 0.15) is 5.69 Å². The van der Waals surface area contributed by atoms with Crippen molar-refractivity contribution >= 4 is 17.8 Å². The van der Waals surface area contributed by atoms with Crippen molar-refractivity contribution in [3.63, 3.8) is 0 Å². The molecule has 0 saturated carbocycles. The minimum atomic E-state index is -0.895. The number of urea groups is 1. The van der Waals surface area contributed by atoms with Crippen molar-refractivity contribution in [2.75, 3.05) is 6.54 Å². The highest BCUT2D eigenvalue weighted by atomic mass is 16.2. The summed E-state index contributed by atoms with van der Waals surface area (Å²) in [5.74, 6) is -0.795. The van der Waals surface area contributed by atoms with E-state index in [1.165, 1.54) is 4.68 Å². The summed E-state index contributed by atoms with van der Waals surface area (Å²) in [7, 11) is 0. The lowest BCUT2D eigenvalue weighted by Gasteiger charge is -2.00. The van der Waals surface area contributed by atoms with Crippen molar-refractivity contribution in [3.05, 3.63) is 11.9 Å². The minimum Gasteiger partial charge on any atom is -0.351 e. The summed E-state index contributed by atoms with van der Waals surface area (Å²) in [6, 6.07) is -0.895. The Hall–Kier alpha value is -2.49. The van der Waals surface area contributed by atoms with Gasteiger partial charge in [0.05, 0.1) is 25.8 Å².